The Morgan fingerprint density at radius 2 is 2.00 bits per heavy atom. The van der Waals surface area contributed by atoms with Gasteiger partial charge in [0, 0.05) is 6.42 Å². The second-order valence-electron chi connectivity index (χ2n) is 6.00. The summed E-state index contributed by atoms with van der Waals surface area (Å²) in [5.74, 6) is 1.28. The van der Waals surface area contributed by atoms with Gasteiger partial charge in [-0.25, -0.2) is 4.79 Å². The van der Waals surface area contributed by atoms with Crippen LogP contribution in [0.4, 0.5) is 4.79 Å². The van der Waals surface area contributed by atoms with Crippen molar-refractivity contribution in [1.82, 2.24) is 5.32 Å². The molecule has 0 aromatic heterocycles. The zero-order valence-electron chi connectivity index (χ0n) is 13.0. The van der Waals surface area contributed by atoms with Crippen molar-refractivity contribution in [1.29, 1.82) is 0 Å². The first-order valence-electron chi connectivity index (χ1n) is 7.22. The minimum atomic E-state index is -0.595. The number of aldehydes is 1. The zero-order chi connectivity index (χ0) is 16.2. The third kappa shape index (κ3) is 4.38. The maximum absolute atomic E-state index is 11.9. The number of carbonyl (C=O) groups excluding carboxylic acids is 2. The molecule has 1 aliphatic heterocycles. The summed E-state index contributed by atoms with van der Waals surface area (Å²) in [6, 6.07) is 4.89. The van der Waals surface area contributed by atoms with Gasteiger partial charge in [-0.05, 0) is 38.5 Å². The summed E-state index contributed by atoms with van der Waals surface area (Å²) in [6.07, 6.45) is 0.354. The molecule has 120 valence electrons. The molecule has 0 radical (unpaired) electrons. The normalized spacial score (nSPS) is 14.9. The van der Waals surface area contributed by atoms with Crippen LogP contribution in [-0.4, -0.2) is 31.2 Å². The van der Waals surface area contributed by atoms with Gasteiger partial charge in [-0.2, -0.15) is 0 Å². The van der Waals surface area contributed by atoms with Crippen molar-refractivity contribution < 1.29 is 23.8 Å². The molecule has 0 bridgehead atoms. The average Bonchev–Trinajstić information content (AvgIpc) is 2.44. The third-order valence-electron chi connectivity index (χ3n) is 2.99. The van der Waals surface area contributed by atoms with Crippen LogP contribution in [0.1, 0.15) is 38.8 Å². The first kappa shape index (κ1) is 16.1. The van der Waals surface area contributed by atoms with Gasteiger partial charge in [0.05, 0.1) is 6.04 Å². The number of ether oxygens (including phenoxy) is 3. The van der Waals surface area contributed by atoms with Crippen LogP contribution in [-0.2, 0) is 9.53 Å². The van der Waals surface area contributed by atoms with Gasteiger partial charge in [-0.15, -0.1) is 0 Å². The second-order valence-corrected chi connectivity index (χ2v) is 6.00. The van der Waals surface area contributed by atoms with Gasteiger partial charge in [0.15, 0.2) is 11.5 Å². The Bertz CT molecular complexity index is 550. The topological polar surface area (TPSA) is 73.9 Å². The van der Waals surface area contributed by atoms with Crippen LogP contribution in [0.15, 0.2) is 18.2 Å². The molecule has 1 heterocycles. The van der Waals surface area contributed by atoms with Crippen molar-refractivity contribution in [2.75, 3.05) is 13.2 Å². The lowest BCUT2D eigenvalue weighted by atomic mass is 10.0. The predicted molar refractivity (Wildman–Crippen MR) is 80.2 cm³/mol. The number of nitrogens with one attached hydrogen (secondary N) is 1. The van der Waals surface area contributed by atoms with Crippen molar-refractivity contribution in [2.24, 2.45) is 0 Å². The molecule has 6 nitrogen and oxygen atoms in total. The highest BCUT2D eigenvalue weighted by Gasteiger charge is 2.22. The van der Waals surface area contributed by atoms with Crippen LogP contribution in [0.25, 0.3) is 0 Å². The van der Waals surface area contributed by atoms with Gasteiger partial charge in [0.25, 0.3) is 0 Å². The van der Waals surface area contributed by atoms with E-state index in [1.807, 2.05) is 0 Å². The molecular formula is C16H21NO5. The van der Waals surface area contributed by atoms with E-state index in [2.05, 4.69) is 5.32 Å². The molecule has 1 atom stereocenters. The lowest BCUT2D eigenvalue weighted by Gasteiger charge is -2.24. The van der Waals surface area contributed by atoms with Crippen LogP contribution >= 0.6 is 0 Å². The van der Waals surface area contributed by atoms with E-state index in [0.29, 0.717) is 24.7 Å². The molecule has 0 spiro atoms. The Balaban J connectivity index is 2.13. The van der Waals surface area contributed by atoms with Gasteiger partial charge >= 0.3 is 6.09 Å². The number of hydrogen-bond donors (Lipinski definition) is 1. The monoisotopic (exact) mass is 307 g/mol. The van der Waals surface area contributed by atoms with E-state index < -0.39 is 17.7 Å². The summed E-state index contributed by atoms with van der Waals surface area (Å²) in [7, 11) is 0. The van der Waals surface area contributed by atoms with Crippen molar-refractivity contribution in [2.45, 2.75) is 38.8 Å². The number of carbonyl (C=O) groups is 2. The van der Waals surface area contributed by atoms with Crippen molar-refractivity contribution in [3.8, 4) is 11.5 Å². The van der Waals surface area contributed by atoms with Crippen LogP contribution < -0.4 is 14.8 Å². The number of alkyl carbamates (subject to hydrolysis) is 1. The van der Waals surface area contributed by atoms with Gasteiger partial charge in [-0.3, -0.25) is 0 Å². The highest BCUT2D eigenvalue weighted by atomic mass is 16.6. The molecule has 0 saturated heterocycles. The quantitative estimate of drug-likeness (QED) is 0.866. The maximum Gasteiger partial charge on any atom is 0.408 e. The van der Waals surface area contributed by atoms with E-state index in [1.165, 1.54) is 0 Å². The summed E-state index contributed by atoms with van der Waals surface area (Å²) in [5, 5.41) is 2.71. The largest absolute Gasteiger partial charge is 0.486 e. The molecule has 2 rings (SSSR count). The van der Waals surface area contributed by atoms with Gasteiger partial charge in [0.1, 0.15) is 25.1 Å². The first-order valence-corrected chi connectivity index (χ1v) is 7.22. The number of hydrogen-bond acceptors (Lipinski definition) is 5. The zero-order valence-corrected chi connectivity index (χ0v) is 13.0. The van der Waals surface area contributed by atoms with Crippen molar-refractivity contribution in [3.63, 3.8) is 0 Å². The summed E-state index contributed by atoms with van der Waals surface area (Å²) >= 11 is 0. The number of fused-ring (bicyclic) bond motifs is 1. The van der Waals surface area contributed by atoms with E-state index in [0.717, 1.165) is 11.8 Å². The molecule has 0 unspecified atom stereocenters. The fourth-order valence-corrected chi connectivity index (χ4v) is 2.10. The number of rotatable bonds is 4. The van der Waals surface area contributed by atoms with E-state index in [4.69, 9.17) is 14.2 Å². The fourth-order valence-electron chi connectivity index (χ4n) is 2.10. The van der Waals surface area contributed by atoms with Crippen LogP contribution in [0.2, 0.25) is 0 Å². The summed E-state index contributed by atoms with van der Waals surface area (Å²) < 4.78 is 16.2. The summed E-state index contributed by atoms with van der Waals surface area (Å²) in [4.78, 5) is 22.8. The first-order chi connectivity index (χ1) is 10.4. The van der Waals surface area contributed by atoms with Gasteiger partial charge in [0.2, 0.25) is 0 Å². The Labute approximate surface area is 129 Å². The van der Waals surface area contributed by atoms with Crippen molar-refractivity contribution in [3.05, 3.63) is 23.8 Å². The highest BCUT2D eigenvalue weighted by Crippen LogP contribution is 2.33. The molecule has 1 aromatic rings. The smallest absolute Gasteiger partial charge is 0.408 e. The standard InChI is InChI=1S/C16H21NO5/c1-16(2,3)22-15(19)17-12(6-7-18)11-4-5-13-14(10-11)21-9-8-20-13/h4-5,7,10,12H,6,8-9H2,1-3H3,(H,17,19)/t12-/m1/s1. The molecule has 1 aliphatic rings. The van der Waals surface area contributed by atoms with E-state index in [-0.39, 0.29) is 6.42 Å². The molecule has 0 saturated carbocycles. The van der Waals surface area contributed by atoms with E-state index >= 15 is 0 Å². The second kappa shape index (κ2) is 6.68. The molecule has 0 fully saturated rings. The van der Waals surface area contributed by atoms with Gasteiger partial charge in [-0.1, -0.05) is 6.07 Å². The molecule has 1 aromatic carbocycles. The minimum Gasteiger partial charge on any atom is -0.486 e. The Morgan fingerprint density at radius 3 is 2.64 bits per heavy atom. The van der Waals surface area contributed by atoms with Crippen LogP contribution in [0, 0.1) is 0 Å². The van der Waals surface area contributed by atoms with Crippen LogP contribution in [0.5, 0.6) is 11.5 Å². The maximum atomic E-state index is 11.9. The Morgan fingerprint density at radius 1 is 1.32 bits per heavy atom. The Hall–Kier alpha value is -2.24. The fraction of sp³-hybridized carbons (Fsp3) is 0.500. The molecule has 1 N–H and O–H groups in total. The lowest BCUT2D eigenvalue weighted by molar-refractivity contribution is -0.108. The molecular weight excluding hydrogens is 286 g/mol. The van der Waals surface area contributed by atoms with Crippen molar-refractivity contribution >= 4 is 12.4 Å². The summed E-state index contributed by atoms with van der Waals surface area (Å²) in [6.45, 7) is 6.34. The number of benzene rings is 1. The highest BCUT2D eigenvalue weighted by molar-refractivity contribution is 5.69. The summed E-state index contributed by atoms with van der Waals surface area (Å²) in [5.41, 5.74) is 0.171. The third-order valence-corrected chi connectivity index (χ3v) is 2.99. The van der Waals surface area contributed by atoms with E-state index in [1.54, 1.807) is 39.0 Å². The van der Waals surface area contributed by atoms with E-state index in [9.17, 15) is 9.59 Å². The Kier molecular flexibility index (Phi) is 4.90. The SMILES string of the molecule is CC(C)(C)OC(=O)N[C@H](CC=O)c1ccc2c(c1)OCCO2. The molecule has 0 aliphatic carbocycles. The van der Waals surface area contributed by atoms with Gasteiger partial charge < -0.3 is 24.3 Å². The molecule has 6 heteroatoms. The minimum absolute atomic E-state index is 0.152. The number of amides is 1. The lowest BCUT2D eigenvalue weighted by Crippen LogP contribution is -2.35. The molecule has 1 amide bonds. The average molecular weight is 307 g/mol. The predicted octanol–water partition coefficient (Wildman–Crippen LogP) is 2.61. The molecule has 22 heavy (non-hydrogen) atoms. The van der Waals surface area contributed by atoms with Crippen LogP contribution in [0.3, 0.4) is 0 Å².